The van der Waals surface area contributed by atoms with Crippen LogP contribution >= 0.6 is 0 Å². The lowest BCUT2D eigenvalue weighted by Crippen LogP contribution is -2.33. The Kier molecular flexibility index (Phi) is 7.48. The van der Waals surface area contributed by atoms with Gasteiger partial charge in [-0.15, -0.1) is 0 Å². The summed E-state index contributed by atoms with van der Waals surface area (Å²) in [7, 11) is 0. The summed E-state index contributed by atoms with van der Waals surface area (Å²) in [5.74, 6) is 0. The predicted octanol–water partition coefficient (Wildman–Crippen LogP) is -1.68. The van der Waals surface area contributed by atoms with Gasteiger partial charge in [-0.3, -0.25) is 28.7 Å². The van der Waals surface area contributed by atoms with Gasteiger partial charge in [-0.2, -0.15) is 0 Å². The van der Waals surface area contributed by atoms with Crippen molar-refractivity contribution in [2.75, 3.05) is 13.2 Å². The van der Waals surface area contributed by atoms with Gasteiger partial charge in [-0.25, -0.2) is 9.59 Å². The molecule has 2 saturated heterocycles. The molecule has 2 aliphatic rings. The summed E-state index contributed by atoms with van der Waals surface area (Å²) in [6.07, 6.45) is -2.21. The van der Waals surface area contributed by atoms with Crippen molar-refractivity contribution in [3.05, 3.63) is 65.2 Å². The zero-order valence-electron chi connectivity index (χ0n) is 19.4. The van der Waals surface area contributed by atoms with Gasteiger partial charge < -0.3 is 29.4 Å². The topological polar surface area (TPSA) is 212 Å². The van der Waals surface area contributed by atoms with E-state index in [1.54, 1.807) is 13.8 Å². The fourth-order valence-electron chi connectivity index (χ4n) is 3.93. The molecule has 4 rings (SSSR count). The summed E-state index contributed by atoms with van der Waals surface area (Å²) in [6.45, 7) is 2.70. The molecule has 0 aliphatic carbocycles. The molecule has 2 aromatic heterocycles. The lowest BCUT2D eigenvalue weighted by Gasteiger charge is -2.15. The molecule has 0 unspecified atom stereocenters. The van der Waals surface area contributed by atoms with E-state index in [4.69, 9.17) is 19.1 Å². The Morgan fingerprint density at radius 1 is 0.833 bits per heavy atom. The van der Waals surface area contributed by atoms with Gasteiger partial charge in [-0.05, 0) is 13.8 Å². The first kappa shape index (κ1) is 25.5. The normalized spacial score (nSPS) is 28.1. The summed E-state index contributed by atoms with van der Waals surface area (Å²) in [5, 5.41) is 27.1. The Labute approximate surface area is 201 Å². The van der Waals surface area contributed by atoms with Crippen molar-refractivity contribution >= 4 is 0 Å². The number of nitrogens with one attached hydrogen (secondary N) is 2. The van der Waals surface area contributed by atoms with E-state index in [1.165, 1.54) is 21.5 Å². The van der Waals surface area contributed by atoms with Crippen molar-refractivity contribution in [3.63, 3.8) is 0 Å². The number of aryl methyl sites for hydroxylation is 2. The molecule has 0 aromatic carbocycles. The summed E-state index contributed by atoms with van der Waals surface area (Å²) >= 11 is 0. The van der Waals surface area contributed by atoms with Crippen LogP contribution in [-0.4, -0.2) is 66.9 Å². The molecule has 0 amide bonds. The van der Waals surface area contributed by atoms with Crippen molar-refractivity contribution < 1.29 is 29.4 Å². The third kappa shape index (κ3) is 5.46. The van der Waals surface area contributed by atoms with Crippen LogP contribution < -0.4 is 22.5 Å². The molecule has 6 atom stereocenters. The van der Waals surface area contributed by atoms with E-state index in [0.29, 0.717) is 11.1 Å². The summed E-state index contributed by atoms with van der Waals surface area (Å²) in [5.41, 5.74) is -1.67. The molecule has 36 heavy (non-hydrogen) atoms. The number of rotatable bonds is 8. The number of nitrogens with zero attached hydrogens (tertiary/aromatic N) is 4. The molecule has 16 heteroatoms. The molecule has 2 aliphatic heterocycles. The first-order valence-electron chi connectivity index (χ1n) is 11.1. The SMILES string of the molecule is Cc1cn([C@H]2C[C@H](O)[C@@H](CON=NOC[C@H]3O[C@@H](n4cc(C)c(=O)[nH]c4=O)C[C@@H]3O)O2)c(=O)[nH]c1=O. The predicted molar refractivity (Wildman–Crippen MR) is 118 cm³/mol. The van der Waals surface area contributed by atoms with Crippen LogP contribution in [0.25, 0.3) is 0 Å². The Morgan fingerprint density at radius 2 is 1.22 bits per heavy atom. The number of ether oxygens (including phenoxy) is 2. The number of aliphatic hydroxyl groups is 2. The third-order valence-corrected chi connectivity index (χ3v) is 5.95. The minimum absolute atomic E-state index is 0.100. The van der Waals surface area contributed by atoms with Crippen LogP contribution in [0, 0.1) is 13.8 Å². The third-order valence-electron chi connectivity index (χ3n) is 5.95. The first-order chi connectivity index (χ1) is 17.1. The Balaban J connectivity index is 1.23. The summed E-state index contributed by atoms with van der Waals surface area (Å²) in [4.78, 5) is 61.4. The lowest BCUT2D eigenvalue weighted by atomic mass is 10.2. The van der Waals surface area contributed by atoms with Crippen LogP contribution in [0.3, 0.4) is 0 Å². The van der Waals surface area contributed by atoms with Crippen molar-refractivity contribution in [2.24, 2.45) is 10.6 Å². The summed E-state index contributed by atoms with van der Waals surface area (Å²) < 4.78 is 13.6. The van der Waals surface area contributed by atoms with Crippen LogP contribution in [0.15, 0.2) is 42.1 Å². The van der Waals surface area contributed by atoms with Crippen LogP contribution in [0.5, 0.6) is 0 Å². The van der Waals surface area contributed by atoms with Gasteiger partial charge in [0.15, 0.2) is 0 Å². The average Bonchev–Trinajstić information content (AvgIpc) is 3.37. The fraction of sp³-hybridized carbons (Fsp3) is 0.600. The maximum atomic E-state index is 12.0. The zero-order valence-corrected chi connectivity index (χ0v) is 19.4. The molecule has 2 fully saturated rings. The Hall–Kier alpha value is -3.60. The minimum Gasteiger partial charge on any atom is -0.390 e. The largest absolute Gasteiger partial charge is 0.390 e. The zero-order chi connectivity index (χ0) is 26.0. The highest BCUT2D eigenvalue weighted by Crippen LogP contribution is 2.29. The van der Waals surface area contributed by atoms with Gasteiger partial charge in [0, 0.05) is 36.4 Å². The van der Waals surface area contributed by atoms with Crippen molar-refractivity contribution in [3.8, 4) is 0 Å². The van der Waals surface area contributed by atoms with E-state index in [-0.39, 0.29) is 26.1 Å². The van der Waals surface area contributed by atoms with E-state index >= 15 is 0 Å². The molecule has 0 radical (unpaired) electrons. The lowest BCUT2D eigenvalue weighted by molar-refractivity contribution is -0.0879. The molecule has 2 aromatic rings. The smallest absolute Gasteiger partial charge is 0.330 e. The molecule has 0 spiro atoms. The highest BCUT2D eigenvalue weighted by Gasteiger charge is 2.37. The van der Waals surface area contributed by atoms with Crippen LogP contribution in [-0.2, 0) is 19.1 Å². The number of aliphatic hydroxyl groups excluding tert-OH is 2. The maximum Gasteiger partial charge on any atom is 0.330 e. The van der Waals surface area contributed by atoms with Gasteiger partial charge in [-0.1, -0.05) is 0 Å². The first-order valence-corrected chi connectivity index (χ1v) is 11.1. The number of H-pyrrole nitrogens is 2. The molecular weight excluding hydrogens is 484 g/mol. The van der Waals surface area contributed by atoms with E-state index < -0.39 is 59.4 Å². The summed E-state index contributed by atoms with van der Waals surface area (Å²) in [6, 6.07) is 0. The van der Waals surface area contributed by atoms with Crippen LogP contribution in [0.2, 0.25) is 0 Å². The second-order valence-corrected chi connectivity index (χ2v) is 8.58. The molecule has 0 saturated carbocycles. The standard InChI is InChI=1S/C20H26N6O10/c1-9-5-25(19(31)21-17(9)29)15-3-11(27)13(35-15)7-33-23-24-34-8-14-12(28)4-16(36-14)26-6-10(2)18(30)22-20(26)32/h5-6,11-16,27-28H,3-4,7-8H2,1-2H3,(H,21,29,31)(H,22,30,32)/t11-,12-,13+,14+,15+,16+/m0/s1. The van der Waals surface area contributed by atoms with Crippen molar-refractivity contribution in [1.29, 1.82) is 0 Å². The fourth-order valence-corrected chi connectivity index (χ4v) is 3.93. The number of hydrogen-bond donors (Lipinski definition) is 4. The van der Waals surface area contributed by atoms with Gasteiger partial charge in [0.05, 0.1) is 22.8 Å². The monoisotopic (exact) mass is 510 g/mol. The highest BCUT2D eigenvalue weighted by atomic mass is 16.7. The highest BCUT2D eigenvalue weighted by molar-refractivity contribution is 5.03. The maximum absolute atomic E-state index is 12.0. The quantitative estimate of drug-likeness (QED) is 0.234. The van der Waals surface area contributed by atoms with Crippen molar-refractivity contribution in [2.45, 2.75) is 63.6 Å². The number of aromatic nitrogens is 4. The second kappa shape index (κ2) is 10.6. The minimum atomic E-state index is -0.954. The van der Waals surface area contributed by atoms with Crippen LogP contribution in [0.1, 0.15) is 36.4 Å². The second-order valence-electron chi connectivity index (χ2n) is 8.58. The number of hydrogen-bond acceptors (Lipinski definition) is 12. The molecule has 0 bridgehead atoms. The van der Waals surface area contributed by atoms with E-state index in [9.17, 15) is 29.4 Å². The Morgan fingerprint density at radius 3 is 1.61 bits per heavy atom. The molecule has 16 nitrogen and oxygen atoms in total. The molecule has 4 heterocycles. The number of aromatic amines is 2. The van der Waals surface area contributed by atoms with Gasteiger partial charge in [0.2, 0.25) is 0 Å². The van der Waals surface area contributed by atoms with Crippen molar-refractivity contribution in [1.82, 2.24) is 19.1 Å². The van der Waals surface area contributed by atoms with E-state index in [1.807, 2.05) is 0 Å². The average molecular weight is 510 g/mol. The van der Waals surface area contributed by atoms with Gasteiger partial charge >= 0.3 is 11.4 Å². The van der Waals surface area contributed by atoms with Gasteiger partial charge in [0.1, 0.15) is 37.9 Å². The Bertz CT molecular complexity index is 1240. The molecular formula is C20H26N6O10. The van der Waals surface area contributed by atoms with E-state index in [0.717, 1.165) is 0 Å². The molecule has 4 N–H and O–H groups in total. The molecule has 196 valence electrons. The van der Waals surface area contributed by atoms with Gasteiger partial charge in [0.25, 0.3) is 11.1 Å². The van der Waals surface area contributed by atoms with Crippen LogP contribution in [0.4, 0.5) is 0 Å². The van der Waals surface area contributed by atoms with E-state index in [2.05, 4.69) is 20.5 Å².